The first-order valence-electron chi connectivity index (χ1n) is 7.31. The number of thioether (sulfide) groups is 1. The lowest BCUT2D eigenvalue weighted by molar-refractivity contribution is 0.725. The summed E-state index contributed by atoms with van der Waals surface area (Å²) in [6, 6.07) is 6.58. The topological polar surface area (TPSA) is 36.4 Å². The van der Waals surface area contributed by atoms with Gasteiger partial charge in [-0.05, 0) is 43.6 Å². The van der Waals surface area contributed by atoms with Crippen LogP contribution in [-0.2, 0) is 6.54 Å². The Bertz CT molecular complexity index is 465. The number of aliphatic imine (C=N–C) groups is 1. The fraction of sp³-hybridized carbons (Fsp3) is 0.562. The van der Waals surface area contributed by atoms with Crippen molar-refractivity contribution in [1.82, 2.24) is 10.6 Å². The highest BCUT2D eigenvalue weighted by Gasteiger charge is 2.15. The summed E-state index contributed by atoms with van der Waals surface area (Å²) in [4.78, 5) is 4.30. The van der Waals surface area contributed by atoms with E-state index in [0.29, 0.717) is 0 Å². The molecule has 1 aromatic carbocycles. The van der Waals surface area contributed by atoms with Crippen LogP contribution in [0.15, 0.2) is 23.2 Å². The number of hydrogen-bond acceptors (Lipinski definition) is 2. The van der Waals surface area contributed by atoms with Crippen LogP contribution >= 0.6 is 11.8 Å². The molecule has 1 heterocycles. The molecule has 2 N–H and O–H groups in total. The van der Waals surface area contributed by atoms with Gasteiger partial charge in [-0.3, -0.25) is 4.99 Å². The van der Waals surface area contributed by atoms with Gasteiger partial charge in [0.2, 0.25) is 0 Å². The van der Waals surface area contributed by atoms with E-state index in [1.54, 1.807) is 0 Å². The van der Waals surface area contributed by atoms with E-state index < -0.39 is 0 Å². The van der Waals surface area contributed by atoms with E-state index in [9.17, 15) is 0 Å². The Morgan fingerprint density at radius 1 is 1.35 bits per heavy atom. The highest BCUT2D eigenvalue weighted by molar-refractivity contribution is 8.00. The number of nitrogens with zero attached hydrogens (tertiary/aromatic N) is 1. The van der Waals surface area contributed by atoms with E-state index in [2.05, 4.69) is 59.4 Å². The molecule has 1 fully saturated rings. The number of aryl methyl sites for hydroxylation is 2. The number of hydrogen-bond donors (Lipinski definition) is 2. The SMILES string of the molecule is CN=C(NCc1ccc(C)cc1C)NCC1CCCS1. The first-order valence-corrected chi connectivity index (χ1v) is 8.36. The predicted octanol–water partition coefficient (Wildman–Crippen LogP) is 2.86. The minimum atomic E-state index is 0.745. The largest absolute Gasteiger partial charge is 0.355 e. The molecule has 0 radical (unpaired) electrons. The maximum Gasteiger partial charge on any atom is 0.191 e. The molecular weight excluding hydrogens is 266 g/mol. The van der Waals surface area contributed by atoms with Crippen LogP contribution in [0.25, 0.3) is 0 Å². The van der Waals surface area contributed by atoms with Crippen LogP contribution in [0.4, 0.5) is 0 Å². The van der Waals surface area contributed by atoms with Gasteiger partial charge in [-0.2, -0.15) is 11.8 Å². The summed E-state index contributed by atoms with van der Waals surface area (Å²) in [5.41, 5.74) is 3.97. The smallest absolute Gasteiger partial charge is 0.191 e. The maximum absolute atomic E-state index is 4.30. The summed E-state index contributed by atoms with van der Waals surface area (Å²) < 4.78 is 0. The van der Waals surface area contributed by atoms with Gasteiger partial charge in [0.25, 0.3) is 0 Å². The molecular formula is C16H25N3S. The summed E-state index contributed by atoms with van der Waals surface area (Å²) in [7, 11) is 1.83. The normalized spacial score (nSPS) is 19.1. The van der Waals surface area contributed by atoms with Gasteiger partial charge in [0, 0.05) is 25.4 Å². The molecule has 0 amide bonds. The van der Waals surface area contributed by atoms with E-state index in [1.807, 2.05) is 7.05 Å². The lowest BCUT2D eigenvalue weighted by Gasteiger charge is -2.15. The Kier molecular flexibility index (Phi) is 5.77. The Balaban J connectivity index is 1.81. The predicted molar refractivity (Wildman–Crippen MR) is 89.6 cm³/mol. The van der Waals surface area contributed by atoms with Crippen molar-refractivity contribution >= 4 is 17.7 Å². The third kappa shape index (κ3) is 4.44. The average Bonchev–Trinajstić information content (AvgIpc) is 2.94. The third-order valence-electron chi connectivity index (χ3n) is 3.69. The summed E-state index contributed by atoms with van der Waals surface area (Å²) in [6.07, 6.45) is 2.68. The van der Waals surface area contributed by atoms with Crippen molar-refractivity contribution in [2.45, 2.75) is 38.5 Å². The molecule has 1 aromatic rings. The first kappa shape index (κ1) is 15.2. The highest BCUT2D eigenvalue weighted by Crippen LogP contribution is 2.25. The van der Waals surface area contributed by atoms with Gasteiger partial charge >= 0.3 is 0 Å². The van der Waals surface area contributed by atoms with Gasteiger partial charge in [0.1, 0.15) is 0 Å². The van der Waals surface area contributed by atoms with Gasteiger partial charge < -0.3 is 10.6 Å². The molecule has 2 rings (SSSR count). The lowest BCUT2D eigenvalue weighted by atomic mass is 10.1. The van der Waals surface area contributed by atoms with Crippen molar-refractivity contribution in [3.63, 3.8) is 0 Å². The zero-order chi connectivity index (χ0) is 14.4. The minimum Gasteiger partial charge on any atom is -0.355 e. The molecule has 0 aromatic heterocycles. The number of benzene rings is 1. The quantitative estimate of drug-likeness (QED) is 0.661. The van der Waals surface area contributed by atoms with Gasteiger partial charge in [0.05, 0.1) is 0 Å². The Morgan fingerprint density at radius 3 is 2.85 bits per heavy atom. The fourth-order valence-corrected chi connectivity index (χ4v) is 3.66. The molecule has 0 spiro atoms. The molecule has 1 aliphatic heterocycles. The van der Waals surface area contributed by atoms with E-state index >= 15 is 0 Å². The zero-order valence-electron chi connectivity index (χ0n) is 12.7. The highest BCUT2D eigenvalue weighted by atomic mass is 32.2. The van der Waals surface area contributed by atoms with Gasteiger partial charge in [-0.1, -0.05) is 23.8 Å². The molecule has 1 unspecified atom stereocenters. The molecule has 1 aliphatic rings. The third-order valence-corrected chi connectivity index (χ3v) is 5.09. The summed E-state index contributed by atoms with van der Waals surface area (Å²) in [6.45, 7) is 6.13. The summed E-state index contributed by atoms with van der Waals surface area (Å²) >= 11 is 2.07. The van der Waals surface area contributed by atoms with Crippen molar-refractivity contribution in [3.05, 3.63) is 34.9 Å². The first-order chi connectivity index (χ1) is 9.69. The van der Waals surface area contributed by atoms with Crippen molar-refractivity contribution in [1.29, 1.82) is 0 Å². The minimum absolute atomic E-state index is 0.745. The van der Waals surface area contributed by atoms with Crippen molar-refractivity contribution in [2.75, 3.05) is 19.3 Å². The van der Waals surface area contributed by atoms with Crippen molar-refractivity contribution in [2.24, 2.45) is 4.99 Å². The fourth-order valence-electron chi connectivity index (χ4n) is 2.46. The van der Waals surface area contributed by atoms with Gasteiger partial charge in [0.15, 0.2) is 5.96 Å². The molecule has 1 saturated heterocycles. The van der Waals surface area contributed by atoms with Crippen molar-refractivity contribution in [3.8, 4) is 0 Å². The second-order valence-electron chi connectivity index (χ2n) is 5.37. The van der Waals surface area contributed by atoms with Crippen molar-refractivity contribution < 1.29 is 0 Å². The number of nitrogens with one attached hydrogen (secondary N) is 2. The molecule has 20 heavy (non-hydrogen) atoms. The molecule has 4 heteroatoms. The Labute approximate surface area is 126 Å². The molecule has 110 valence electrons. The number of guanidine groups is 1. The molecule has 3 nitrogen and oxygen atoms in total. The summed E-state index contributed by atoms with van der Waals surface area (Å²) in [5, 5.41) is 7.58. The van der Waals surface area contributed by atoms with Crippen LogP contribution in [0.1, 0.15) is 29.5 Å². The average molecular weight is 291 g/mol. The van der Waals surface area contributed by atoms with Crippen LogP contribution in [0.5, 0.6) is 0 Å². The molecule has 0 bridgehead atoms. The van der Waals surface area contributed by atoms with Gasteiger partial charge in [-0.25, -0.2) is 0 Å². The standard InChI is InChI=1S/C16H25N3S/c1-12-6-7-14(13(2)9-12)10-18-16(17-3)19-11-15-5-4-8-20-15/h6-7,9,15H,4-5,8,10-11H2,1-3H3,(H2,17,18,19). The summed E-state index contributed by atoms with van der Waals surface area (Å²) in [5.74, 6) is 2.21. The van der Waals surface area contributed by atoms with Crippen LogP contribution in [0.3, 0.4) is 0 Å². The Morgan fingerprint density at radius 2 is 2.20 bits per heavy atom. The van der Waals surface area contributed by atoms with Crippen LogP contribution in [-0.4, -0.2) is 30.6 Å². The van der Waals surface area contributed by atoms with Gasteiger partial charge in [-0.15, -0.1) is 0 Å². The van der Waals surface area contributed by atoms with E-state index in [1.165, 1.54) is 35.3 Å². The Hall–Kier alpha value is -1.16. The van der Waals surface area contributed by atoms with E-state index in [0.717, 1.165) is 24.3 Å². The van der Waals surface area contributed by atoms with Crippen LogP contribution in [0.2, 0.25) is 0 Å². The number of rotatable bonds is 4. The van der Waals surface area contributed by atoms with Crippen LogP contribution in [0, 0.1) is 13.8 Å². The maximum atomic E-state index is 4.30. The second kappa shape index (κ2) is 7.58. The lowest BCUT2D eigenvalue weighted by Crippen LogP contribution is -2.39. The second-order valence-corrected chi connectivity index (χ2v) is 6.78. The monoisotopic (exact) mass is 291 g/mol. The molecule has 0 aliphatic carbocycles. The molecule has 1 atom stereocenters. The van der Waals surface area contributed by atoms with E-state index in [-0.39, 0.29) is 0 Å². The molecule has 0 saturated carbocycles. The zero-order valence-corrected chi connectivity index (χ0v) is 13.5. The van der Waals surface area contributed by atoms with E-state index in [4.69, 9.17) is 0 Å². The van der Waals surface area contributed by atoms with Crippen LogP contribution < -0.4 is 10.6 Å².